The number of pyridine rings is 2. The molecule has 6 nitrogen and oxygen atoms in total. The van der Waals surface area contributed by atoms with E-state index in [9.17, 15) is 4.39 Å². The minimum atomic E-state index is -0.268. The average Bonchev–Trinajstić information content (AvgIpc) is 3.07. The number of aromatic nitrogens is 3. The first-order chi connectivity index (χ1) is 13.1. The maximum Gasteiger partial charge on any atom is 0.237 e. The highest BCUT2D eigenvalue weighted by molar-refractivity contribution is 8.00. The number of ether oxygens (including phenoxy) is 1. The second-order valence-electron chi connectivity index (χ2n) is 5.78. The first-order valence-electron chi connectivity index (χ1n) is 8.10. The van der Waals surface area contributed by atoms with Gasteiger partial charge >= 0.3 is 0 Å². The lowest BCUT2D eigenvalue weighted by molar-refractivity contribution is 0.400. The third-order valence-corrected chi connectivity index (χ3v) is 4.85. The van der Waals surface area contributed by atoms with Gasteiger partial charge in [0.1, 0.15) is 11.5 Å². The van der Waals surface area contributed by atoms with E-state index in [2.05, 4.69) is 14.8 Å². The van der Waals surface area contributed by atoms with Crippen LogP contribution in [0, 0.1) is 5.82 Å². The lowest BCUT2D eigenvalue weighted by Gasteiger charge is -2.12. The third kappa shape index (κ3) is 3.52. The van der Waals surface area contributed by atoms with Crippen LogP contribution >= 0.6 is 11.9 Å². The molecule has 0 radical (unpaired) electrons. The highest BCUT2D eigenvalue weighted by atomic mass is 32.2. The second-order valence-corrected chi connectivity index (χ2v) is 6.66. The number of fused-ring (bicyclic) bond motifs is 1. The van der Waals surface area contributed by atoms with Gasteiger partial charge in [0.15, 0.2) is 0 Å². The largest absolute Gasteiger partial charge is 0.480 e. The number of methoxy groups -OCH3 is 1. The molecule has 3 aromatic heterocycles. The Morgan fingerprint density at radius 3 is 2.70 bits per heavy atom. The normalized spacial score (nSPS) is 10.9. The van der Waals surface area contributed by atoms with Crippen molar-refractivity contribution in [3.63, 3.8) is 0 Å². The number of hydrogen-bond acceptors (Lipinski definition) is 6. The van der Waals surface area contributed by atoms with Crippen molar-refractivity contribution in [3.8, 4) is 17.0 Å². The highest BCUT2D eigenvalue weighted by Crippen LogP contribution is 2.32. The van der Waals surface area contributed by atoms with Crippen molar-refractivity contribution < 1.29 is 9.13 Å². The Bertz CT molecular complexity index is 1100. The molecule has 0 aliphatic heterocycles. The summed E-state index contributed by atoms with van der Waals surface area (Å²) < 4.78 is 23.3. The van der Waals surface area contributed by atoms with Crippen LogP contribution in [-0.4, -0.2) is 21.7 Å². The molecule has 0 aliphatic carbocycles. The standard InChI is InChI=1S/C19H16FN5OS/c1-26-19-17(24-27-15-4-2-14(20)3-5-15)8-13(10-22-19)12-6-7-25-18(9-12)16(21)11-23-25/h2-11,24H,21H2,1H3. The fourth-order valence-corrected chi connectivity index (χ4v) is 3.29. The van der Waals surface area contributed by atoms with E-state index in [-0.39, 0.29) is 5.82 Å². The Morgan fingerprint density at radius 2 is 1.93 bits per heavy atom. The van der Waals surface area contributed by atoms with Gasteiger partial charge in [0.25, 0.3) is 0 Å². The number of anilines is 2. The van der Waals surface area contributed by atoms with E-state index in [1.165, 1.54) is 24.1 Å². The van der Waals surface area contributed by atoms with Gasteiger partial charge in [0.2, 0.25) is 5.88 Å². The predicted octanol–water partition coefficient (Wildman–Crippen LogP) is 4.25. The summed E-state index contributed by atoms with van der Waals surface area (Å²) >= 11 is 1.35. The van der Waals surface area contributed by atoms with Gasteiger partial charge in [-0.15, -0.1) is 0 Å². The molecule has 0 fully saturated rings. The number of rotatable bonds is 5. The lowest BCUT2D eigenvalue weighted by atomic mass is 10.1. The summed E-state index contributed by atoms with van der Waals surface area (Å²) in [6, 6.07) is 12.1. The molecule has 4 rings (SSSR count). The van der Waals surface area contributed by atoms with E-state index < -0.39 is 0 Å². The van der Waals surface area contributed by atoms with Crippen molar-refractivity contribution >= 4 is 28.8 Å². The van der Waals surface area contributed by atoms with Gasteiger partial charge in [-0.1, -0.05) is 0 Å². The van der Waals surface area contributed by atoms with Gasteiger partial charge in [-0.2, -0.15) is 5.10 Å². The summed E-state index contributed by atoms with van der Waals surface area (Å²) in [6.07, 6.45) is 5.22. The monoisotopic (exact) mass is 381 g/mol. The third-order valence-electron chi connectivity index (χ3n) is 4.02. The number of nitrogens with two attached hydrogens (primary N) is 1. The molecular weight excluding hydrogens is 365 g/mol. The van der Waals surface area contributed by atoms with Crippen LogP contribution in [-0.2, 0) is 0 Å². The Balaban J connectivity index is 1.64. The van der Waals surface area contributed by atoms with Crippen molar-refractivity contribution in [3.05, 3.63) is 66.9 Å². The Morgan fingerprint density at radius 1 is 1.11 bits per heavy atom. The molecule has 3 N–H and O–H groups in total. The SMILES string of the molecule is COc1ncc(-c2ccn3ncc(N)c3c2)cc1NSc1ccc(F)cc1. The van der Waals surface area contributed by atoms with E-state index >= 15 is 0 Å². The number of hydrogen-bond donors (Lipinski definition) is 2. The number of halogens is 1. The molecule has 0 saturated heterocycles. The molecule has 3 heterocycles. The molecule has 136 valence electrons. The summed E-state index contributed by atoms with van der Waals surface area (Å²) in [5, 5.41) is 4.18. The van der Waals surface area contributed by atoms with Gasteiger partial charge in [-0.25, -0.2) is 13.9 Å². The molecule has 8 heteroatoms. The summed E-state index contributed by atoms with van der Waals surface area (Å²) in [5.41, 5.74) is 9.98. The van der Waals surface area contributed by atoms with Crippen LogP contribution in [0.15, 0.2) is 66.0 Å². The molecule has 0 spiro atoms. The van der Waals surface area contributed by atoms with Crippen LogP contribution in [0.1, 0.15) is 0 Å². The maximum atomic E-state index is 13.1. The fourth-order valence-electron chi connectivity index (χ4n) is 2.64. The van der Waals surface area contributed by atoms with Crippen LogP contribution in [0.4, 0.5) is 15.8 Å². The van der Waals surface area contributed by atoms with Crippen LogP contribution in [0.3, 0.4) is 0 Å². The van der Waals surface area contributed by atoms with Crippen LogP contribution in [0.25, 0.3) is 16.6 Å². The smallest absolute Gasteiger partial charge is 0.237 e. The van der Waals surface area contributed by atoms with Gasteiger partial charge in [-0.05, 0) is 60.0 Å². The first kappa shape index (κ1) is 17.2. The van der Waals surface area contributed by atoms with Gasteiger partial charge < -0.3 is 15.2 Å². The van der Waals surface area contributed by atoms with E-state index in [0.717, 1.165) is 21.5 Å². The molecule has 0 bridgehead atoms. The number of nitrogen functional groups attached to an aromatic ring is 1. The zero-order valence-corrected chi connectivity index (χ0v) is 15.2. The molecule has 4 aromatic rings. The average molecular weight is 381 g/mol. The second kappa shape index (κ2) is 7.16. The zero-order chi connectivity index (χ0) is 18.8. The fraction of sp³-hybridized carbons (Fsp3) is 0.0526. The quantitative estimate of drug-likeness (QED) is 0.504. The number of nitrogens with one attached hydrogen (secondary N) is 1. The highest BCUT2D eigenvalue weighted by Gasteiger charge is 2.10. The van der Waals surface area contributed by atoms with E-state index in [1.807, 2.05) is 24.4 Å². The van der Waals surface area contributed by atoms with Crippen LogP contribution in [0.5, 0.6) is 5.88 Å². The molecule has 0 unspecified atom stereocenters. The lowest BCUT2D eigenvalue weighted by Crippen LogP contribution is -1.96. The van der Waals surface area contributed by atoms with Crippen molar-refractivity contribution in [1.29, 1.82) is 0 Å². The van der Waals surface area contributed by atoms with E-state index in [4.69, 9.17) is 10.5 Å². The molecular formula is C19H16FN5OS. The van der Waals surface area contributed by atoms with Gasteiger partial charge in [0, 0.05) is 22.9 Å². The Hall–Kier alpha value is -3.26. The maximum absolute atomic E-state index is 13.1. The molecule has 1 aromatic carbocycles. The van der Waals surface area contributed by atoms with Crippen molar-refractivity contribution in [1.82, 2.24) is 14.6 Å². The van der Waals surface area contributed by atoms with Gasteiger partial charge in [-0.3, -0.25) is 0 Å². The van der Waals surface area contributed by atoms with Crippen LogP contribution in [0.2, 0.25) is 0 Å². The predicted molar refractivity (Wildman–Crippen MR) is 105 cm³/mol. The Kier molecular flexibility index (Phi) is 4.55. The van der Waals surface area contributed by atoms with Crippen molar-refractivity contribution in [2.24, 2.45) is 0 Å². The van der Waals surface area contributed by atoms with Crippen LogP contribution < -0.4 is 15.2 Å². The van der Waals surface area contributed by atoms with Crippen molar-refractivity contribution in [2.45, 2.75) is 4.90 Å². The molecule has 0 saturated carbocycles. The summed E-state index contributed by atoms with van der Waals surface area (Å²) in [5.74, 6) is 0.202. The first-order valence-corrected chi connectivity index (χ1v) is 8.91. The molecule has 0 amide bonds. The summed E-state index contributed by atoms with van der Waals surface area (Å²) in [4.78, 5) is 5.25. The van der Waals surface area contributed by atoms with E-state index in [0.29, 0.717) is 17.3 Å². The summed E-state index contributed by atoms with van der Waals surface area (Å²) in [6.45, 7) is 0. The van der Waals surface area contributed by atoms with E-state index in [1.54, 1.807) is 36.2 Å². The topological polar surface area (TPSA) is 77.5 Å². The molecule has 0 aliphatic rings. The number of benzene rings is 1. The minimum absolute atomic E-state index is 0.268. The minimum Gasteiger partial charge on any atom is -0.480 e. The zero-order valence-electron chi connectivity index (χ0n) is 14.4. The number of nitrogens with zero attached hydrogens (tertiary/aromatic N) is 3. The van der Waals surface area contributed by atoms with Crippen molar-refractivity contribution in [2.75, 3.05) is 17.6 Å². The Labute approximate surface area is 159 Å². The molecule has 0 atom stereocenters. The molecule has 27 heavy (non-hydrogen) atoms. The van der Waals surface area contributed by atoms with Gasteiger partial charge in [0.05, 0.1) is 24.5 Å². The summed E-state index contributed by atoms with van der Waals surface area (Å²) in [7, 11) is 1.56.